The number of nitrogens with one attached hydrogen (secondary N) is 1. The molecule has 14 nitrogen and oxygen atoms in total. The maximum Gasteiger partial charge on any atom is 0.245 e. The molecule has 16 heteroatoms. The highest BCUT2D eigenvalue weighted by Gasteiger charge is 2.41. The second-order valence-corrected chi connectivity index (χ2v) is 14.0. The molecule has 282 valence electrons. The molecule has 0 aliphatic carbocycles. The molecule has 9 rings (SSSR count). The Morgan fingerprint density at radius 1 is 0.964 bits per heavy atom. The number of anilines is 2. The second-order valence-electron chi connectivity index (χ2n) is 14.0. The molecular weight excluding hydrogens is 710 g/mol. The zero-order valence-electron chi connectivity index (χ0n) is 30.4. The number of imidazole rings is 1. The Bertz CT molecular complexity index is 2480. The van der Waals surface area contributed by atoms with E-state index in [-0.39, 0.29) is 38.3 Å². The number of aromatic nitrogens is 7. The number of carbonyl (C=O) groups excluding carboxylic acids is 1. The van der Waals surface area contributed by atoms with Crippen LogP contribution in [0.2, 0.25) is 0 Å². The van der Waals surface area contributed by atoms with Crippen molar-refractivity contribution in [1.82, 2.24) is 39.2 Å². The number of nitrogens with zero attached hydrogens (tertiary/aromatic N) is 9. The summed E-state index contributed by atoms with van der Waals surface area (Å²) >= 11 is 0. The van der Waals surface area contributed by atoms with Gasteiger partial charge in [0.15, 0.2) is 11.5 Å². The van der Waals surface area contributed by atoms with E-state index in [1.165, 1.54) is 24.3 Å². The number of benzene rings is 2. The van der Waals surface area contributed by atoms with Crippen molar-refractivity contribution in [3.63, 3.8) is 0 Å². The van der Waals surface area contributed by atoms with Gasteiger partial charge in [0.05, 0.1) is 47.6 Å². The number of carbonyl (C=O) groups is 1. The van der Waals surface area contributed by atoms with Crippen molar-refractivity contribution in [1.29, 1.82) is 0 Å². The maximum absolute atomic E-state index is 15.1. The van der Waals surface area contributed by atoms with Crippen LogP contribution in [-0.4, -0.2) is 104 Å². The summed E-state index contributed by atoms with van der Waals surface area (Å²) in [5, 5.41) is 8.84. The SMILES string of the molecule is CO[C@H]1CN(C)C(=O)[C@@H]2C[C@@H](CN2c2nc3nc4c2cnn4-c2ccc(F)cc2OC/C=C/COC3)Nc2cccc(n2)-c2cc(F)cc3nc(C)n(c23)C1. The molecular formula is C39H38F2N10O4. The van der Waals surface area contributed by atoms with Crippen molar-refractivity contribution in [3.8, 4) is 22.7 Å². The molecule has 6 aromatic rings. The van der Waals surface area contributed by atoms with Crippen molar-refractivity contribution in [2.75, 3.05) is 50.7 Å². The number of ether oxygens (including phenoxy) is 3. The number of fused-ring (bicyclic) bond motifs is 8. The van der Waals surface area contributed by atoms with E-state index in [2.05, 4.69) is 15.4 Å². The number of hydrogen-bond acceptors (Lipinski definition) is 11. The zero-order chi connectivity index (χ0) is 37.8. The van der Waals surface area contributed by atoms with E-state index in [0.29, 0.717) is 82.0 Å². The first-order valence-corrected chi connectivity index (χ1v) is 18.1. The lowest BCUT2D eigenvalue weighted by Crippen LogP contribution is -2.47. The fourth-order valence-corrected chi connectivity index (χ4v) is 7.78. The fraction of sp³-hybridized carbons (Fsp3) is 0.333. The number of hydrogen-bond donors (Lipinski definition) is 1. The molecule has 1 saturated heterocycles. The molecule has 4 aromatic heterocycles. The topological polar surface area (TPSA) is 138 Å². The Morgan fingerprint density at radius 2 is 1.84 bits per heavy atom. The molecule has 1 fully saturated rings. The highest BCUT2D eigenvalue weighted by atomic mass is 19.1. The highest BCUT2D eigenvalue weighted by molar-refractivity contribution is 5.94. The molecule has 55 heavy (non-hydrogen) atoms. The van der Waals surface area contributed by atoms with E-state index in [4.69, 9.17) is 29.2 Å². The molecule has 3 atom stereocenters. The quantitative estimate of drug-likeness (QED) is 0.244. The number of methoxy groups -OCH3 is 1. The summed E-state index contributed by atoms with van der Waals surface area (Å²) in [5.74, 6) is 1.47. The molecule has 1 N–H and O–H groups in total. The van der Waals surface area contributed by atoms with E-state index in [1.807, 2.05) is 40.7 Å². The molecule has 7 heterocycles. The third-order valence-electron chi connectivity index (χ3n) is 10.4. The maximum atomic E-state index is 15.1. The zero-order valence-corrected chi connectivity index (χ0v) is 30.4. The van der Waals surface area contributed by atoms with Crippen molar-refractivity contribution in [2.24, 2.45) is 0 Å². The van der Waals surface area contributed by atoms with Crippen LogP contribution in [0.15, 0.2) is 66.9 Å². The molecule has 0 saturated carbocycles. The van der Waals surface area contributed by atoms with E-state index in [0.717, 1.165) is 5.52 Å². The minimum Gasteiger partial charge on any atom is -0.487 e. The molecule has 2 aromatic carbocycles. The van der Waals surface area contributed by atoms with Gasteiger partial charge in [-0.3, -0.25) is 4.79 Å². The van der Waals surface area contributed by atoms with Gasteiger partial charge in [-0.25, -0.2) is 33.4 Å². The first-order valence-electron chi connectivity index (χ1n) is 18.1. The lowest BCUT2D eigenvalue weighted by atomic mass is 10.1. The van der Waals surface area contributed by atoms with Crippen LogP contribution in [0.1, 0.15) is 18.1 Å². The summed E-state index contributed by atoms with van der Waals surface area (Å²) in [4.78, 5) is 37.8. The van der Waals surface area contributed by atoms with Crippen LogP contribution in [0.25, 0.3) is 39.0 Å². The number of likely N-dealkylation sites (N-methyl/N-ethyl adjacent to an activating group) is 1. The average molecular weight is 749 g/mol. The number of pyridine rings is 1. The van der Waals surface area contributed by atoms with Gasteiger partial charge in [0.1, 0.15) is 59.8 Å². The normalized spacial score (nSPS) is 20.9. The number of amides is 1. The largest absolute Gasteiger partial charge is 0.487 e. The van der Waals surface area contributed by atoms with Gasteiger partial charge in [0, 0.05) is 51.0 Å². The highest BCUT2D eigenvalue weighted by Crippen LogP contribution is 2.36. The van der Waals surface area contributed by atoms with Crippen molar-refractivity contribution in [2.45, 2.75) is 44.7 Å². The first-order chi connectivity index (χ1) is 26.7. The van der Waals surface area contributed by atoms with Crippen LogP contribution < -0.4 is 15.0 Å². The summed E-state index contributed by atoms with van der Waals surface area (Å²) in [6, 6.07) is 11.9. The molecule has 0 spiro atoms. The molecule has 1 amide bonds. The monoisotopic (exact) mass is 748 g/mol. The summed E-state index contributed by atoms with van der Waals surface area (Å²) in [7, 11) is 3.39. The van der Waals surface area contributed by atoms with Crippen molar-refractivity contribution in [3.05, 3.63) is 90.2 Å². The van der Waals surface area contributed by atoms with E-state index >= 15 is 4.39 Å². The van der Waals surface area contributed by atoms with Crippen LogP contribution in [0, 0.1) is 18.6 Å². The molecule has 3 aliphatic rings. The van der Waals surface area contributed by atoms with Crippen LogP contribution in [-0.2, 0) is 27.4 Å². The Balaban J connectivity index is 1.16. The lowest BCUT2D eigenvalue weighted by Gasteiger charge is -2.31. The predicted octanol–water partition coefficient (Wildman–Crippen LogP) is 4.83. The van der Waals surface area contributed by atoms with E-state index < -0.39 is 23.8 Å². The Kier molecular flexibility index (Phi) is 8.85. The van der Waals surface area contributed by atoms with E-state index in [9.17, 15) is 9.18 Å². The predicted molar refractivity (Wildman–Crippen MR) is 200 cm³/mol. The Labute approximate surface area is 314 Å². The molecule has 3 aliphatic heterocycles. The van der Waals surface area contributed by atoms with Gasteiger partial charge in [-0.15, -0.1) is 0 Å². The summed E-state index contributed by atoms with van der Waals surface area (Å²) in [6.45, 7) is 3.47. The van der Waals surface area contributed by atoms with Gasteiger partial charge >= 0.3 is 0 Å². The van der Waals surface area contributed by atoms with Gasteiger partial charge in [-0.1, -0.05) is 12.1 Å². The minimum atomic E-state index is -0.647. The number of aryl methyl sites for hydroxylation is 1. The smallest absolute Gasteiger partial charge is 0.245 e. The molecule has 6 bridgehead atoms. The number of halogens is 2. The van der Waals surface area contributed by atoms with Gasteiger partial charge in [-0.05, 0) is 49.8 Å². The van der Waals surface area contributed by atoms with Crippen LogP contribution in [0.4, 0.5) is 20.4 Å². The Morgan fingerprint density at radius 3 is 2.71 bits per heavy atom. The summed E-state index contributed by atoms with van der Waals surface area (Å²) in [6.07, 6.45) is 5.27. The van der Waals surface area contributed by atoms with Crippen molar-refractivity contribution >= 4 is 39.6 Å². The van der Waals surface area contributed by atoms with Gasteiger partial charge in [-0.2, -0.15) is 5.10 Å². The van der Waals surface area contributed by atoms with Crippen LogP contribution >= 0.6 is 0 Å². The summed E-state index contributed by atoms with van der Waals surface area (Å²) < 4.78 is 51.0. The standard InChI is InChI=1S/C39H38F2N10O4/c1-22-43-30-14-24(41)13-27-29-7-6-8-34(45-29)44-25-16-32(39(52)48(2)19-26(53-3)20-49(22)36(27)30)50(18-25)37-28-17-42-51-31-10-9-23(40)15-33(31)55-12-5-4-11-54-21-35(46-37)47-38(28)51/h4-10,13-15,17,25-26,32H,11-12,16,18-21H2,1-3H3,(H,44,45)/b5-4+/t25-,26-,32-/m0/s1. The lowest BCUT2D eigenvalue weighted by molar-refractivity contribution is -0.132. The van der Waals surface area contributed by atoms with Gasteiger partial charge in [0.2, 0.25) is 5.91 Å². The van der Waals surface area contributed by atoms with Gasteiger partial charge < -0.3 is 33.9 Å². The first kappa shape index (κ1) is 34.7. The molecule has 0 radical (unpaired) electrons. The van der Waals surface area contributed by atoms with E-state index in [1.54, 1.807) is 42.1 Å². The Hall–Kier alpha value is -6.00. The van der Waals surface area contributed by atoms with Crippen LogP contribution in [0.5, 0.6) is 5.75 Å². The van der Waals surface area contributed by atoms with Gasteiger partial charge in [0.25, 0.3) is 0 Å². The third kappa shape index (κ3) is 6.40. The minimum absolute atomic E-state index is 0.0961. The van der Waals surface area contributed by atoms with Crippen LogP contribution in [0.3, 0.4) is 0 Å². The molecule has 0 unspecified atom stereocenters. The number of rotatable bonds is 2. The van der Waals surface area contributed by atoms with Crippen molar-refractivity contribution < 1.29 is 27.8 Å². The third-order valence-corrected chi connectivity index (χ3v) is 10.4. The average Bonchev–Trinajstić information content (AvgIpc) is 3.87. The summed E-state index contributed by atoms with van der Waals surface area (Å²) in [5.41, 5.74) is 3.40. The second kappa shape index (κ2) is 14.0. The fourth-order valence-electron chi connectivity index (χ4n) is 7.78.